The lowest BCUT2D eigenvalue weighted by Crippen LogP contribution is -2.19. The molecule has 1 N–H and O–H groups in total. The van der Waals surface area contributed by atoms with Crippen molar-refractivity contribution in [1.29, 1.82) is 5.26 Å². The van der Waals surface area contributed by atoms with Crippen LogP contribution in [0.15, 0.2) is 30.3 Å². The zero-order valence-electron chi connectivity index (χ0n) is 9.85. The summed E-state index contributed by atoms with van der Waals surface area (Å²) in [5.74, 6) is -1.13. The number of carbonyl (C=O) groups is 1. The van der Waals surface area contributed by atoms with Gasteiger partial charge >= 0.3 is 5.97 Å². The maximum absolute atomic E-state index is 11.3. The standard InChI is InChI=1S/C13H16N2O2/c1-2-17-13(16)11(10-14)8-9-15-12-6-4-3-5-7-12/h3-7,11,15H,2,8-9H2,1H3. The molecule has 0 aliphatic heterocycles. The van der Waals surface area contributed by atoms with Gasteiger partial charge in [-0.1, -0.05) is 18.2 Å². The third-order valence-corrected chi connectivity index (χ3v) is 2.26. The molecular formula is C13H16N2O2. The van der Waals surface area contributed by atoms with Crippen molar-refractivity contribution in [3.63, 3.8) is 0 Å². The van der Waals surface area contributed by atoms with Crippen LogP contribution in [0.1, 0.15) is 13.3 Å². The molecule has 0 heterocycles. The monoisotopic (exact) mass is 232 g/mol. The van der Waals surface area contributed by atoms with Gasteiger partial charge in [0.2, 0.25) is 0 Å². The lowest BCUT2D eigenvalue weighted by Gasteiger charge is -2.09. The molecule has 4 nitrogen and oxygen atoms in total. The van der Waals surface area contributed by atoms with Crippen LogP contribution in [0, 0.1) is 17.2 Å². The Morgan fingerprint density at radius 1 is 1.47 bits per heavy atom. The van der Waals surface area contributed by atoms with Gasteiger partial charge in [-0.2, -0.15) is 5.26 Å². The van der Waals surface area contributed by atoms with Gasteiger partial charge in [0.15, 0.2) is 0 Å². The highest BCUT2D eigenvalue weighted by atomic mass is 16.5. The van der Waals surface area contributed by atoms with Crippen LogP contribution in [0.3, 0.4) is 0 Å². The van der Waals surface area contributed by atoms with E-state index in [-0.39, 0.29) is 0 Å². The van der Waals surface area contributed by atoms with Gasteiger partial charge in [-0.15, -0.1) is 0 Å². The van der Waals surface area contributed by atoms with E-state index in [1.54, 1.807) is 6.92 Å². The Morgan fingerprint density at radius 2 is 2.18 bits per heavy atom. The second-order valence-corrected chi connectivity index (χ2v) is 3.52. The molecule has 0 spiro atoms. The van der Waals surface area contributed by atoms with E-state index in [2.05, 4.69) is 5.32 Å². The molecule has 0 fully saturated rings. The average Bonchev–Trinajstić information content (AvgIpc) is 2.36. The van der Waals surface area contributed by atoms with Crippen molar-refractivity contribution in [2.75, 3.05) is 18.5 Å². The molecule has 0 aromatic heterocycles. The lowest BCUT2D eigenvalue weighted by atomic mass is 10.1. The molecule has 1 unspecified atom stereocenters. The molecule has 1 atom stereocenters. The third kappa shape index (κ3) is 4.56. The Hall–Kier alpha value is -2.02. The maximum Gasteiger partial charge on any atom is 0.323 e. The fourth-order valence-electron chi connectivity index (χ4n) is 1.39. The molecule has 0 radical (unpaired) electrons. The maximum atomic E-state index is 11.3. The van der Waals surface area contributed by atoms with E-state index in [0.717, 1.165) is 5.69 Å². The predicted molar refractivity (Wildman–Crippen MR) is 65.3 cm³/mol. The molecular weight excluding hydrogens is 216 g/mol. The molecule has 0 amide bonds. The summed E-state index contributed by atoms with van der Waals surface area (Å²) in [4.78, 5) is 11.3. The molecule has 4 heteroatoms. The lowest BCUT2D eigenvalue weighted by molar-refractivity contribution is -0.146. The molecule has 1 aromatic carbocycles. The fourth-order valence-corrected chi connectivity index (χ4v) is 1.39. The number of anilines is 1. The quantitative estimate of drug-likeness (QED) is 0.764. The van der Waals surface area contributed by atoms with Crippen LogP contribution in [0.25, 0.3) is 0 Å². The highest BCUT2D eigenvalue weighted by Crippen LogP contribution is 2.08. The van der Waals surface area contributed by atoms with E-state index in [9.17, 15) is 4.79 Å². The minimum Gasteiger partial charge on any atom is -0.465 e. The highest BCUT2D eigenvalue weighted by molar-refractivity contribution is 5.75. The van der Waals surface area contributed by atoms with Gasteiger partial charge in [-0.05, 0) is 25.5 Å². The second-order valence-electron chi connectivity index (χ2n) is 3.52. The van der Waals surface area contributed by atoms with Crippen molar-refractivity contribution < 1.29 is 9.53 Å². The van der Waals surface area contributed by atoms with E-state index in [0.29, 0.717) is 19.6 Å². The summed E-state index contributed by atoms with van der Waals surface area (Å²) in [6, 6.07) is 11.6. The van der Waals surface area contributed by atoms with Crippen molar-refractivity contribution in [3.05, 3.63) is 30.3 Å². The predicted octanol–water partition coefficient (Wildman–Crippen LogP) is 2.19. The molecule has 1 aromatic rings. The van der Waals surface area contributed by atoms with Gasteiger partial charge in [-0.3, -0.25) is 4.79 Å². The first-order valence-electron chi connectivity index (χ1n) is 5.63. The third-order valence-electron chi connectivity index (χ3n) is 2.26. The summed E-state index contributed by atoms with van der Waals surface area (Å²) in [6.45, 7) is 2.61. The summed E-state index contributed by atoms with van der Waals surface area (Å²) in [5, 5.41) is 12.0. The molecule has 0 aliphatic rings. The molecule has 1 rings (SSSR count). The Kier molecular flexibility index (Phi) is 5.59. The van der Waals surface area contributed by atoms with Crippen molar-refractivity contribution >= 4 is 11.7 Å². The largest absolute Gasteiger partial charge is 0.465 e. The Balaban J connectivity index is 2.34. The Bertz CT molecular complexity index is 384. The van der Waals surface area contributed by atoms with E-state index in [1.807, 2.05) is 36.4 Å². The van der Waals surface area contributed by atoms with Crippen LogP contribution >= 0.6 is 0 Å². The van der Waals surface area contributed by atoms with E-state index in [1.165, 1.54) is 0 Å². The van der Waals surface area contributed by atoms with Crippen LogP contribution in [0.4, 0.5) is 5.69 Å². The summed E-state index contributed by atoms with van der Waals surface area (Å²) in [7, 11) is 0. The molecule has 0 saturated heterocycles. The Morgan fingerprint density at radius 3 is 2.76 bits per heavy atom. The van der Waals surface area contributed by atoms with Crippen LogP contribution in [0.5, 0.6) is 0 Å². The molecule has 90 valence electrons. The van der Waals surface area contributed by atoms with Gasteiger partial charge < -0.3 is 10.1 Å². The van der Waals surface area contributed by atoms with Crippen LogP contribution in [0.2, 0.25) is 0 Å². The number of para-hydroxylation sites is 1. The Labute approximate surface area is 101 Å². The smallest absolute Gasteiger partial charge is 0.323 e. The van der Waals surface area contributed by atoms with Gasteiger partial charge in [-0.25, -0.2) is 0 Å². The first kappa shape index (κ1) is 13.0. The second kappa shape index (κ2) is 7.29. The SMILES string of the molecule is CCOC(=O)C(C#N)CCNc1ccccc1. The van der Waals surface area contributed by atoms with Crippen LogP contribution in [-0.2, 0) is 9.53 Å². The minimum atomic E-state index is -0.689. The van der Waals surface area contributed by atoms with E-state index >= 15 is 0 Å². The summed E-state index contributed by atoms with van der Waals surface area (Å²) < 4.78 is 4.81. The molecule has 17 heavy (non-hydrogen) atoms. The highest BCUT2D eigenvalue weighted by Gasteiger charge is 2.18. The molecule has 0 saturated carbocycles. The summed E-state index contributed by atoms with van der Waals surface area (Å²) >= 11 is 0. The van der Waals surface area contributed by atoms with E-state index in [4.69, 9.17) is 10.00 Å². The fraction of sp³-hybridized carbons (Fsp3) is 0.385. The topological polar surface area (TPSA) is 62.1 Å². The zero-order valence-corrected chi connectivity index (χ0v) is 9.85. The number of hydrogen-bond acceptors (Lipinski definition) is 4. The van der Waals surface area contributed by atoms with Crippen molar-refractivity contribution in [1.82, 2.24) is 0 Å². The summed E-state index contributed by atoms with van der Waals surface area (Å²) in [5.41, 5.74) is 0.980. The normalized spacial score (nSPS) is 11.3. The number of nitrogens with zero attached hydrogens (tertiary/aromatic N) is 1. The first-order valence-corrected chi connectivity index (χ1v) is 5.63. The van der Waals surface area contributed by atoms with Crippen LogP contribution < -0.4 is 5.32 Å². The number of esters is 1. The molecule has 0 aliphatic carbocycles. The number of benzene rings is 1. The first-order chi connectivity index (χ1) is 8.27. The van der Waals surface area contributed by atoms with Gasteiger partial charge in [0.05, 0.1) is 12.7 Å². The van der Waals surface area contributed by atoms with Gasteiger partial charge in [0, 0.05) is 12.2 Å². The van der Waals surface area contributed by atoms with E-state index < -0.39 is 11.9 Å². The number of rotatable bonds is 6. The van der Waals surface area contributed by atoms with Crippen LogP contribution in [-0.4, -0.2) is 19.1 Å². The number of hydrogen-bond donors (Lipinski definition) is 1. The average molecular weight is 232 g/mol. The molecule has 0 bridgehead atoms. The zero-order chi connectivity index (χ0) is 12.5. The number of nitriles is 1. The minimum absolute atomic E-state index is 0.309. The summed E-state index contributed by atoms with van der Waals surface area (Å²) in [6.07, 6.45) is 0.449. The van der Waals surface area contributed by atoms with Crippen molar-refractivity contribution in [2.24, 2.45) is 5.92 Å². The van der Waals surface area contributed by atoms with Crippen molar-refractivity contribution in [2.45, 2.75) is 13.3 Å². The van der Waals surface area contributed by atoms with Gasteiger partial charge in [0.1, 0.15) is 5.92 Å². The van der Waals surface area contributed by atoms with Gasteiger partial charge in [0.25, 0.3) is 0 Å². The number of nitrogens with one attached hydrogen (secondary N) is 1. The number of ether oxygens (including phenoxy) is 1. The van der Waals surface area contributed by atoms with Crippen molar-refractivity contribution in [3.8, 4) is 6.07 Å². The number of carbonyl (C=O) groups excluding carboxylic acids is 1.